The minimum atomic E-state index is 0.182. The average molecular weight is 187 g/mol. The topological polar surface area (TPSA) is 24.6 Å². The van der Waals surface area contributed by atoms with Crippen molar-refractivity contribution in [2.24, 2.45) is 0 Å². The van der Waals surface area contributed by atoms with Crippen molar-refractivity contribution >= 4 is 11.3 Å². The second-order valence-corrected chi connectivity index (χ2v) is 3.09. The standard InChI is InChI=1S/C12H13NO/c1-10(5-4-8-14)11-6-3-7-12(9-11)13-2/h3,6-7,9,14H,1,4-5,8H2. The zero-order valence-corrected chi connectivity index (χ0v) is 8.03. The number of hydrogen-bond donors (Lipinski definition) is 1. The van der Waals surface area contributed by atoms with Gasteiger partial charge in [0.25, 0.3) is 0 Å². The molecule has 2 heteroatoms. The van der Waals surface area contributed by atoms with Crippen molar-refractivity contribution in [1.82, 2.24) is 0 Å². The highest BCUT2D eigenvalue weighted by molar-refractivity contribution is 5.67. The molecule has 72 valence electrons. The number of hydrogen-bond acceptors (Lipinski definition) is 1. The van der Waals surface area contributed by atoms with Crippen LogP contribution in [0.4, 0.5) is 5.69 Å². The molecule has 1 N–H and O–H groups in total. The highest BCUT2D eigenvalue weighted by Gasteiger charge is 1.99. The summed E-state index contributed by atoms with van der Waals surface area (Å²) in [5, 5.41) is 8.67. The Bertz CT molecular complexity index is 363. The normalized spacial score (nSPS) is 9.43. The van der Waals surface area contributed by atoms with Crippen molar-refractivity contribution in [1.29, 1.82) is 0 Å². The van der Waals surface area contributed by atoms with Crippen LogP contribution in [-0.2, 0) is 0 Å². The number of benzene rings is 1. The zero-order chi connectivity index (χ0) is 10.4. The Morgan fingerprint density at radius 1 is 1.50 bits per heavy atom. The van der Waals surface area contributed by atoms with Crippen LogP contribution >= 0.6 is 0 Å². The quantitative estimate of drug-likeness (QED) is 0.720. The summed E-state index contributed by atoms with van der Waals surface area (Å²) in [6.45, 7) is 11.0. The molecule has 0 aliphatic carbocycles. The molecule has 1 aromatic carbocycles. The van der Waals surface area contributed by atoms with E-state index in [0.717, 1.165) is 24.0 Å². The molecule has 2 nitrogen and oxygen atoms in total. The van der Waals surface area contributed by atoms with E-state index < -0.39 is 0 Å². The molecule has 0 aromatic heterocycles. The lowest BCUT2D eigenvalue weighted by atomic mass is 10.0. The van der Waals surface area contributed by atoms with Gasteiger partial charge in [-0.2, -0.15) is 0 Å². The zero-order valence-electron chi connectivity index (χ0n) is 8.03. The summed E-state index contributed by atoms with van der Waals surface area (Å²) in [6, 6.07) is 7.39. The maximum atomic E-state index is 8.67. The Morgan fingerprint density at radius 2 is 2.29 bits per heavy atom. The van der Waals surface area contributed by atoms with Crippen molar-refractivity contribution in [2.45, 2.75) is 12.8 Å². The average Bonchev–Trinajstić information content (AvgIpc) is 2.26. The van der Waals surface area contributed by atoms with Gasteiger partial charge in [0, 0.05) is 6.61 Å². The van der Waals surface area contributed by atoms with E-state index in [1.807, 2.05) is 18.2 Å². The van der Waals surface area contributed by atoms with Crippen LogP contribution in [0.2, 0.25) is 0 Å². The largest absolute Gasteiger partial charge is 0.396 e. The second-order valence-electron chi connectivity index (χ2n) is 3.09. The van der Waals surface area contributed by atoms with Gasteiger partial charge in [-0.25, -0.2) is 4.85 Å². The smallest absolute Gasteiger partial charge is 0.187 e. The molecule has 0 aliphatic rings. The molecule has 0 unspecified atom stereocenters. The minimum Gasteiger partial charge on any atom is -0.396 e. The Hall–Kier alpha value is -1.59. The van der Waals surface area contributed by atoms with Crippen LogP contribution in [0.3, 0.4) is 0 Å². The third-order valence-electron chi connectivity index (χ3n) is 2.02. The summed E-state index contributed by atoms with van der Waals surface area (Å²) in [6.07, 6.45) is 1.50. The lowest BCUT2D eigenvalue weighted by Gasteiger charge is -2.04. The van der Waals surface area contributed by atoms with E-state index in [0.29, 0.717) is 5.69 Å². The Morgan fingerprint density at radius 3 is 2.93 bits per heavy atom. The maximum Gasteiger partial charge on any atom is 0.187 e. The lowest BCUT2D eigenvalue weighted by molar-refractivity contribution is 0.290. The van der Waals surface area contributed by atoms with Crippen LogP contribution in [0.5, 0.6) is 0 Å². The van der Waals surface area contributed by atoms with Crippen molar-refractivity contribution in [3.05, 3.63) is 47.8 Å². The van der Waals surface area contributed by atoms with Crippen molar-refractivity contribution in [3.63, 3.8) is 0 Å². The van der Waals surface area contributed by atoms with Gasteiger partial charge in [-0.15, -0.1) is 0 Å². The molecule has 0 saturated carbocycles. The minimum absolute atomic E-state index is 0.182. The van der Waals surface area contributed by atoms with Crippen molar-refractivity contribution in [3.8, 4) is 0 Å². The van der Waals surface area contributed by atoms with Gasteiger partial charge in [0.1, 0.15) is 0 Å². The number of aliphatic hydroxyl groups is 1. The van der Waals surface area contributed by atoms with Gasteiger partial charge >= 0.3 is 0 Å². The van der Waals surface area contributed by atoms with Crippen LogP contribution < -0.4 is 0 Å². The number of allylic oxidation sites excluding steroid dienone is 1. The van der Waals surface area contributed by atoms with E-state index >= 15 is 0 Å². The molecule has 14 heavy (non-hydrogen) atoms. The third kappa shape index (κ3) is 2.72. The molecule has 0 saturated heterocycles. The molecular weight excluding hydrogens is 174 g/mol. The first kappa shape index (κ1) is 10.5. The molecule has 0 heterocycles. The highest BCUT2D eigenvalue weighted by Crippen LogP contribution is 2.22. The highest BCUT2D eigenvalue weighted by atomic mass is 16.2. The number of aliphatic hydroxyl groups excluding tert-OH is 1. The predicted molar refractivity (Wildman–Crippen MR) is 58.1 cm³/mol. The summed E-state index contributed by atoms with van der Waals surface area (Å²) >= 11 is 0. The molecule has 1 aromatic rings. The van der Waals surface area contributed by atoms with Crippen LogP contribution in [0.1, 0.15) is 18.4 Å². The lowest BCUT2D eigenvalue weighted by Crippen LogP contribution is -1.86. The molecular formula is C12H13NO. The van der Waals surface area contributed by atoms with E-state index in [-0.39, 0.29) is 6.61 Å². The molecule has 0 amide bonds. The maximum absolute atomic E-state index is 8.67. The van der Waals surface area contributed by atoms with Gasteiger partial charge in [0.05, 0.1) is 6.57 Å². The van der Waals surface area contributed by atoms with Crippen LogP contribution in [0.25, 0.3) is 10.4 Å². The van der Waals surface area contributed by atoms with Crippen LogP contribution in [0.15, 0.2) is 30.8 Å². The second kappa shape index (κ2) is 5.21. The van der Waals surface area contributed by atoms with Gasteiger partial charge in [-0.1, -0.05) is 24.8 Å². The summed E-state index contributed by atoms with van der Waals surface area (Å²) in [4.78, 5) is 3.35. The summed E-state index contributed by atoms with van der Waals surface area (Å²) in [5.41, 5.74) is 2.60. The van der Waals surface area contributed by atoms with Crippen LogP contribution in [0, 0.1) is 6.57 Å². The predicted octanol–water partition coefficient (Wildman–Crippen LogP) is 3.02. The van der Waals surface area contributed by atoms with Gasteiger partial charge in [-0.3, -0.25) is 0 Å². The summed E-state index contributed by atoms with van der Waals surface area (Å²) < 4.78 is 0. The monoisotopic (exact) mass is 187 g/mol. The number of nitrogens with zero attached hydrogens (tertiary/aromatic N) is 1. The Kier molecular flexibility index (Phi) is 3.90. The Labute approximate surface area is 84.3 Å². The summed E-state index contributed by atoms with van der Waals surface area (Å²) in [7, 11) is 0. The van der Waals surface area contributed by atoms with Crippen molar-refractivity contribution < 1.29 is 5.11 Å². The first-order chi connectivity index (χ1) is 6.77. The van der Waals surface area contributed by atoms with E-state index in [1.165, 1.54) is 0 Å². The molecule has 0 spiro atoms. The van der Waals surface area contributed by atoms with E-state index in [2.05, 4.69) is 11.4 Å². The number of rotatable bonds is 4. The van der Waals surface area contributed by atoms with E-state index in [9.17, 15) is 0 Å². The third-order valence-corrected chi connectivity index (χ3v) is 2.02. The van der Waals surface area contributed by atoms with Crippen LogP contribution in [-0.4, -0.2) is 11.7 Å². The first-order valence-corrected chi connectivity index (χ1v) is 4.54. The van der Waals surface area contributed by atoms with Gasteiger partial charge in [-0.05, 0) is 30.0 Å². The fourth-order valence-electron chi connectivity index (χ4n) is 1.23. The fourth-order valence-corrected chi connectivity index (χ4v) is 1.23. The summed E-state index contributed by atoms with van der Waals surface area (Å²) in [5.74, 6) is 0. The first-order valence-electron chi connectivity index (χ1n) is 4.54. The van der Waals surface area contributed by atoms with Gasteiger partial charge < -0.3 is 5.11 Å². The van der Waals surface area contributed by atoms with Gasteiger partial charge in [0.2, 0.25) is 0 Å². The Balaban J connectivity index is 2.75. The molecule has 0 radical (unpaired) electrons. The molecule has 0 bridgehead atoms. The molecule has 1 rings (SSSR count). The SMILES string of the molecule is [C-]#[N+]c1cccc(C(=C)CCCO)c1. The molecule has 0 fully saturated rings. The fraction of sp³-hybridized carbons (Fsp3) is 0.250. The molecule has 0 aliphatic heterocycles. The van der Waals surface area contributed by atoms with Crippen molar-refractivity contribution in [2.75, 3.05) is 6.61 Å². The van der Waals surface area contributed by atoms with Gasteiger partial charge in [0.15, 0.2) is 5.69 Å². The molecule has 0 atom stereocenters. The van der Waals surface area contributed by atoms with E-state index in [1.54, 1.807) is 6.07 Å². The van der Waals surface area contributed by atoms with E-state index in [4.69, 9.17) is 11.7 Å².